The van der Waals surface area contributed by atoms with Crippen molar-refractivity contribution < 1.29 is 28.6 Å². The fraction of sp³-hybridized carbons (Fsp3) is 0.571. The number of anilines is 1. The Morgan fingerprint density at radius 3 is 2.62 bits per heavy atom. The maximum Gasteiger partial charge on any atom is 0.410 e. The molecule has 1 aromatic heterocycles. The smallest absolute Gasteiger partial charge is 0.410 e. The van der Waals surface area contributed by atoms with E-state index in [0.29, 0.717) is 36.6 Å². The van der Waals surface area contributed by atoms with Gasteiger partial charge in [0.2, 0.25) is 0 Å². The van der Waals surface area contributed by atoms with E-state index < -0.39 is 31.7 Å². The standard InChI is InChI=1S/C28H41N5O6Si/c1-28(2,3)39-27(36)32-13-12-21-19(16-32)24(30-33(21)18-37-14-15-40(5,6)7)25(34)29-20-17-38-23-11-9-8-10-22(23)31(4)26(20)35/h8-11,20H,12-18H2,1-7H3,(H,29,34)/t20-/m0/s1. The zero-order valence-electron chi connectivity index (χ0n) is 24.6. The topological polar surface area (TPSA) is 115 Å². The molecule has 1 N–H and O–H groups in total. The molecule has 0 spiro atoms. The molecule has 0 unspecified atom stereocenters. The quantitative estimate of drug-likeness (QED) is 0.399. The van der Waals surface area contributed by atoms with Crippen molar-refractivity contribution in [1.82, 2.24) is 20.0 Å². The number of benzene rings is 1. The zero-order valence-corrected chi connectivity index (χ0v) is 25.6. The van der Waals surface area contributed by atoms with Gasteiger partial charge in [-0.3, -0.25) is 9.59 Å². The van der Waals surface area contributed by atoms with Crippen molar-refractivity contribution in [3.63, 3.8) is 0 Å². The second-order valence-electron chi connectivity index (χ2n) is 12.5. The summed E-state index contributed by atoms with van der Waals surface area (Å²) in [6.07, 6.45) is 0.0471. The third-order valence-corrected chi connectivity index (χ3v) is 8.48. The van der Waals surface area contributed by atoms with Gasteiger partial charge >= 0.3 is 6.09 Å². The van der Waals surface area contributed by atoms with Crippen molar-refractivity contribution in [2.75, 3.05) is 31.7 Å². The highest BCUT2D eigenvalue weighted by molar-refractivity contribution is 6.76. The summed E-state index contributed by atoms with van der Waals surface area (Å²) in [6, 6.07) is 7.33. The predicted octanol–water partition coefficient (Wildman–Crippen LogP) is 3.64. The summed E-state index contributed by atoms with van der Waals surface area (Å²) in [4.78, 5) is 42.7. The van der Waals surface area contributed by atoms with E-state index in [2.05, 4.69) is 30.1 Å². The summed E-state index contributed by atoms with van der Waals surface area (Å²) in [7, 11) is 0.387. The van der Waals surface area contributed by atoms with Gasteiger partial charge in [0.05, 0.1) is 12.2 Å². The van der Waals surface area contributed by atoms with Gasteiger partial charge in [-0.15, -0.1) is 0 Å². The summed E-state index contributed by atoms with van der Waals surface area (Å²) in [5, 5.41) is 7.44. The van der Waals surface area contributed by atoms with Crippen LogP contribution in [0.1, 0.15) is 42.5 Å². The molecule has 0 saturated carbocycles. The molecule has 2 aliphatic rings. The molecule has 2 aliphatic heterocycles. The van der Waals surface area contributed by atoms with Crippen molar-refractivity contribution in [2.45, 2.75) is 77.8 Å². The van der Waals surface area contributed by atoms with E-state index in [1.165, 1.54) is 4.90 Å². The van der Waals surface area contributed by atoms with Crippen molar-refractivity contribution in [2.24, 2.45) is 0 Å². The molecule has 0 bridgehead atoms. The number of carbonyl (C=O) groups excluding carboxylic acids is 3. The van der Waals surface area contributed by atoms with E-state index in [-0.39, 0.29) is 31.5 Å². The van der Waals surface area contributed by atoms with Crippen molar-refractivity contribution in [3.05, 3.63) is 41.2 Å². The number of carbonyl (C=O) groups is 3. The largest absolute Gasteiger partial charge is 0.489 e. The number of nitrogens with one attached hydrogen (secondary N) is 1. The Kier molecular flexibility index (Phi) is 8.59. The van der Waals surface area contributed by atoms with Crippen molar-refractivity contribution >= 4 is 31.7 Å². The Morgan fingerprint density at radius 1 is 1.20 bits per heavy atom. The predicted molar refractivity (Wildman–Crippen MR) is 153 cm³/mol. The first kappa shape index (κ1) is 29.6. The van der Waals surface area contributed by atoms with Crippen molar-refractivity contribution in [1.29, 1.82) is 0 Å². The summed E-state index contributed by atoms with van der Waals surface area (Å²) in [6.45, 7) is 13.7. The van der Waals surface area contributed by atoms with E-state index in [1.54, 1.807) is 28.8 Å². The number of para-hydroxylation sites is 2. The fourth-order valence-electron chi connectivity index (χ4n) is 4.57. The van der Waals surface area contributed by atoms with Crippen LogP contribution in [0.5, 0.6) is 5.75 Å². The van der Waals surface area contributed by atoms with Crippen LogP contribution in [0.25, 0.3) is 0 Å². The first-order chi connectivity index (χ1) is 18.7. The summed E-state index contributed by atoms with van der Waals surface area (Å²) in [5.41, 5.74) is 1.62. The Balaban J connectivity index is 1.55. The van der Waals surface area contributed by atoms with Crippen LogP contribution < -0.4 is 15.0 Å². The van der Waals surface area contributed by atoms with Crippen LogP contribution in [0.4, 0.5) is 10.5 Å². The molecule has 0 fully saturated rings. The Labute approximate surface area is 236 Å². The molecule has 0 saturated heterocycles. The number of aromatic nitrogens is 2. The summed E-state index contributed by atoms with van der Waals surface area (Å²) >= 11 is 0. The van der Waals surface area contributed by atoms with Crippen LogP contribution in [0, 0.1) is 0 Å². The highest BCUT2D eigenvalue weighted by Gasteiger charge is 2.35. The molecule has 11 nitrogen and oxygen atoms in total. The average molecular weight is 572 g/mol. The second-order valence-corrected chi connectivity index (χ2v) is 18.1. The number of amides is 3. The lowest BCUT2D eigenvalue weighted by Crippen LogP contribution is -2.49. The monoisotopic (exact) mass is 571 g/mol. The lowest BCUT2D eigenvalue weighted by Gasteiger charge is -2.30. The van der Waals surface area contributed by atoms with Crippen molar-refractivity contribution in [3.8, 4) is 5.75 Å². The molecular weight excluding hydrogens is 530 g/mol. The minimum absolute atomic E-state index is 0.0152. The number of hydrogen-bond acceptors (Lipinski definition) is 7. The summed E-state index contributed by atoms with van der Waals surface area (Å²) in [5.74, 6) is -0.235. The molecule has 3 heterocycles. The Hall–Kier alpha value is -3.38. The minimum Gasteiger partial charge on any atom is -0.489 e. The number of nitrogens with zero attached hydrogens (tertiary/aromatic N) is 4. The minimum atomic E-state index is -1.27. The molecule has 0 radical (unpaired) electrons. The van der Waals surface area contributed by atoms with Gasteiger partial charge in [-0.25, -0.2) is 9.48 Å². The van der Waals surface area contributed by atoms with Crippen LogP contribution in [0.15, 0.2) is 24.3 Å². The lowest BCUT2D eigenvalue weighted by atomic mass is 10.0. The van der Waals surface area contributed by atoms with Crippen LogP contribution >= 0.6 is 0 Å². The highest BCUT2D eigenvalue weighted by atomic mass is 28.3. The molecule has 3 amide bonds. The summed E-state index contributed by atoms with van der Waals surface area (Å²) < 4.78 is 19.1. The third-order valence-electron chi connectivity index (χ3n) is 6.78. The van der Waals surface area contributed by atoms with Crippen LogP contribution in [0.2, 0.25) is 25.7 Å². The Morgan fingerprint density at radius 2 is 1.93 bits per heavy atom. The Bertz CT molecular complexity index is 1260. The molecule has 1 atom stereocenters. The van der Waals surface area contributed by atoms with E-state index in [9.17, 15) is 14.4 Å². The van der Waals surface area contributed by atoms with Crippen LogP contribution in [-0.2, 0) is 34.0 Å². The maximum atomic E-state index is 13.6. The molecule has 4 rings (SSSR count). The number of rotatable bonds is 7. The van der Waals surface area contributed by atoms with Gasteiger partial charge in [0.25, 0.3) is 11.8 Å². The fourth-order valence-corrected chi connectivity index (χ4v) is 5.33. The van der Waals surface area contributed by atoms with Gasteiger partial charge in [0, 0.05) is 46.0 Å². The third kappa shape index (κ3) is 7.03. The van der Waals surface area contributed by atoms with Crippen LogP contribution in [0.3, 0.4) is 0 Å². The SMILES string of the molecule is CN1C(=O)[C@@H](NC(=O)c2nn(COCC[Si](C)(C)C)c3c2CN(C(=O)OC(C)(C)C)CC3)COc2ccccc21. The van der Waals surface area contributed by atoms with Crippen LogP contribution in [-0.4, -0.2) is 79.1 Å². The van der Waals surface area contributed by atoms with E-state index in [1.807, 2.05) is 32.9 Å². The van der Waals surface area contributed by atoms with Gasteiger partial charge in [-0.1, -0.05) is 31.8 Å². The lowest BCUT2D eigenvalue weighted by molar-refractivity contribution is -0.120. The molecular formula is C28H41N5O6Si. The molecule has 40 heavy (non-hydrogen) atoms. The van der Waals surface area contributed by atoms with Gasteiger partial charge < -0.3 is 29.3 Å². The van der Waals surface area contributed by atoms with Gasteiger partial charge in [-0.05, 0) is 38.9 Å². The number of ether oxygens (including phenoxy) is 3. The second kappa shape index (κ2) is 11.6. The molecule has 0 aliphatic carbocycles. The zero-order chi connectivity index (χ0) is 29.2. The average Bonchev–Trinajstić information content (AvgIpc) is 3.19. The molecule has 1 aromatic carbocycles. The number of fused-ring (bicyclic) bond motifs is 2. The van der Waals surface area contributed by atoms with Gasteiger partial charge in [0.1, 0.15) is 30.7 Å². The van der Waals surface area contributed by atoms with Gasteiger partial charge in [-0.2, -0.15) is 5.10 Å². The van der Waals surface area contributed by atoms with Gasteiger partial charge in [0.15, 0.2) is 5.69 Å². The molecule has 218 valence electrons. The molecule has 12 heteroatoms. The highest BCUT2D eigenvalue weighted by Crippen LogP contribution is 2.30. The number of likely N-dealkylation sites (N-methyl/N-ethyl adjacent to an activating group) is 1. The normalized spacial score (nSPS) is 17.5. The molecule has 2 aromatic rings. The van der Waals surface area contributed by atoms with E-state index >= 15 is 0 Å². The first-order valence-electron chi connectivity index (χ1n) is 13.7. The maximum absolute atomic E-state index is 13.6. The number of hydrogen-bond donors (Lipinski definition) is 1. The first-order valence-corrected chi connectivity index (χ1v) is 17.4. The van der Waals surface area contributed by atoms with E-state index in [4.69, 9.17) is 14.2 Å². The van der Waals surface area contributed by atoms with E-state index in [0.717, 1.165) is 11.7 Å².